The van der Waals surface area contributed by atoms with Gasteiger partial charge in [0.2, 0.25) is 0 Å². The van der Waals surface area contributed by atoms with Gasteiger partial charge in [0.1, 0.15) is 0 Å². The van der Waals surface area contributed by atoms with Crippen molar-refractivity contribution in [1.29, 1.82) is 0 Å². The van der Waals surface area contributed by atoms with Crippen LogP contribution in [0.1, 0.15) is 34.8 Å². The first-order valence-corrected chi connectivity index (χ1v) is 10.3. The number of rotatable bonds is 9. The van der Waals surface area contributed by atoms with Crippen molar-refractivity contribution in [3.8, 4) is 11.5 Å². The Morgan fingerprint density at radius 3 is 2.39 bits per heavy atom. The van der Waals surface area contributed by atoms with E-state index in [0.717, 1.165) is 5.56 Å². The van der Waals surface area contributed by atoms with Gasteiger partial charge in [0, 0.05) is 17.2 Å². The zero-order valence-corrected chi connectivity index (χ0v) is 18.2. The van der Waals surface area contributed by atoms with E-state index >= 15 is 0 Å². The third-order valence-corrected chi connectivity index (χ3v) is 4.79. The lowest BCUT2D eigenvalue weighted by molar-refractivity contribution is -0.139. The summed E-state index contributed by atoms with van der Waals surface area (Å²) in [6, 6.07) is 18.4. The van der Waals surface area contributed by atoms with Gasteiger partial charge in [0.05, 0.1) is 23.5 Å². The van der Waals surface area contributed by atoms with Gasteiger partial charge >= 0.3 is 5.97 Å². The molecule has 0 heterocycles. The molecule has 0 bridgehead atoms. The predicted octanol–water partition coefficient (Wildman–Crippen LogP) is 5.80. The number of ether oxygens (including phenoxy) is 1. The van der Waals surface area contributed by atoms with Crippen molar-refractivity contribution in [1.82, 2.24) is 0 Å². The van der Waals surface area contributed by atoms with E-state index in [4.69, 9.17) is 4.74 Å². The lowest BCUT2D eigenvalue weighted by Crippen LogP contribution is -2.06. The van der Waals surface area contributed by atoms with Crippen LogP contribution in [0.2, 0.25) is 0 Å². The number of aromatic hydroxyl groups is 2. The second-order valence-corrected chi connectivity index (χ2v) is 7.40. The third-order valence-electron chi connectivity index (χ3n) is 4.79. The molecule has 0 aliphatic carbocycles. The van der Waals surface area contributed by atoms with Gasteiger partial charge in [-0.2, -0.15) is 10.2 Å². The van der Waals surface area contributed by atoms with Gasteiger partial charge < -0.3 is 14.9 Å². The van der Waals surface area contributed by atoms with Crippen LogP contribution in [-0.2, 0) is 16.0 Å². The number of benzene rings is 3. The number of esters is 1. The second-order valence-electron chi connectivity index (χ2n) is 7.40. The van der Waals surface area contributed by atoms with Crippen molar-refractivity contribution in [3.63, 3.8) is 0 Å². The molecule has 0 saturated heterocycles. The number of carbonyl (C=O) groups excluding carboxylic acids is 2. The molecule has 0 aromatic heterocycles. The van der Waals surface area contributed by atoms with E-state index in [2.05, 4.69) is 16.8 Å². The molecule has 0 unspecified atom stereocenters. The quantitative estimate of drug-likeness (QED) is 0.108. The second kappa shape index (κ2) is 10.9. The number of nitrogens with zero attached hydrogens (tertiary/aromatic N) is 2. The maximum Gasteiger partial charge on any atom is 0.333 e. The highest BCUT2D eigenvalue weighted by Crippen LogP contribution is 2.36. The van der Waals surface area contributed by atoms with Crippen LogP contribution in [0.25, 0.3) is 0 Å². The number of phenols is 2. The van der Waals surface area contributed by atoms with Crippen LogP contribution >= 0.6 is 0 Å². The van der Waals surface area contributed by atoms with E-state index in [1.807, 2.05) is 18.2 Å². The zero-order chi connectivity index (χ0) is 23.8. The zero-order valence-electron chi connectivity index (χ0n) is 18.2. The van der Waals surface area contributed by atoms with Gasteiger partial charge in [-0.15, -0.1) is 0 Å². The van der Waals surface area contributed by atoms with E-state index in [9.17, 15) is 19.8 Å². The van der Waals surface area contributed by atoms with Gasteiger partial charge in [-0.1, -0.05) is 55.1 Å². The molecule has 0 saturated carbocycles. The average Bonchev–Trinajstić information content (AvgIpc) is 2.83. The highest BCUT2D eigenvalue weighted by atomic mass is 16.5. The third kappa shape index (κ3) is 6.13. The van der Waals surface area contributed by atoms with Crippen molar-refractivity contribution < 1.29 is 24.5 Å². The van der Waals surface area contributed by atoms with E-state index < -0.39 is 23.3 Å². The first-order valence-electron chi connectivity index (χ1n) is 10.3. The lowest BCUT2D eigenvalue weighted by atomic mass is 10.0. The smallest absolute Gasteiger partial charge is 0.333 e. The van der Waals surface area contributed by atoms with Crippen LogP contribution in [0.5, 0.6) is 11.5 Å². The minimum Gasteiger partial charge on any atom is -0.504 e. The number of ketones is 1. The molecule has 0 amide bonds. The predicted molar refractivity (Wildman–Crippen MR) is 124 cm³/mol. The number of hydrogen-bond donors (Lipinski definition) is 2. The summed E-state index contributed by atoms with van der Waals surface area (Å²) >= 11 is 0. The molecule has 0 aliphatic heterocycles. The molecule has 0 aliphatic rings. The number of azo groups is 1. The maximum atomic E-state index is 12.8. The molecule has 2 N–H and O–H groups in total. The Hall–Kier alpha value is -4.26. The first-order chi connectivity index (χ1) is 15.9. The Kier molecular flexibility index (Phi) is 7.70. The molecule has 7 heteroatoms. The summed E-state index contributed by atoms with van der Waals surface area (Å²) < 4.78 is 5.11. The highest BCUT2D eigenvalue weighted by molar-refractivity contribution is 6.11. The molecule has 0 fully saturated rings. The van der Waals surface area contributed by atoms with Crippen molar-refractivity contribution in [2.24, 2.45) is 10.2 Å². The number of hydrogen-bond acceptors (Lipinski definition) is 7. The fourth-order valence-corrected chi connectivity index (χ4v) is 3.06. The van der Waals surface area contributed by atoms with E-state index in [1.165, 1.54) is 12.1 Å². The molecular formula is C26H24N2O5. The molecule has 0 radical (unpaired) electrons. The van der Waals surface area contributed by atoms with E-state index in [1.54, 1.807) is 43.3 Å². The van der Waals surface area contributed by atoms with Crippen molar-refractivity contribution in [3.05, 3.63) is 95.6 Å². The van der Waals surface area contributed by atoms with Crippen LogP contribution in [0.4, 0.5) is 11.4 Å². The molecule has 3 aromatic carbocycles. The fraction of sp³-hybridized carbons (Fsp3) is 0.154. The molecule has 0 spiro atoms. The Morgan fingerprint density at radius 1 is 0.970 bits per heavy atom. The number of carbonyl (C=O) groups is 2. The van der Waals surface area contributed by atoms with Gasteiger partial charge in [-0.05, 0) is 37.5 Å². The van der Waals surface area contributed by atoms with Crippen molar-refractivity contribution in [2.45, 2.75) is 19.8 Å². The number of phenolic OH excluding ortho intramolecular Hbond substituents is 2. The minimum absolute atomic E-state index is 0.0669. The Morgan fingerprint density at radius 2 is 1.67 bits per heavy atom. The summed E-state index contributed by atoms with van der Waals surface area (Å²) in [6.45, 7) is 5.40. The van der Waals surface area contributed by atoms with Gasteiger partial charge in [-0.3, -0.25) is 4.79 Å². The maximum absolute atomic E-state index is 12.8. The molecule has 3 rings (SSSR count). The van der Waals surface area contributed by atoms with Gasteiger partial charge in [-0.25, -0.2) is 4.79 Å². The minimum atomic E-state index is -0.507. The Balaban J connectivity index is 1.77. The van der Waals surface area contributed by atoms with Crippen molar-refractivity contribution >= 4 is 23.1 Å². The van der Waals surface area contributed by atoms with Gasteiger partial charge in [0.15, 0.2) is 17.3 Å². The largest absolute Gasteiger partial charge is 0.504 e. The SMILES string of the molecule is C=C(C)C(=O)OCCCc1ccccc1N=Nc1cc(O)c(O)c(C(=O)c2ccccc2)c1. The lowest BCUT2D eigenvalue weighted by Gasteiger charge is -2.08. The molecule has 168 valence electrons. The monoisotopic (exact) mass is 444 g/mol. The summed E-state index contributed by atoms with van der Waals surface area (Å²) in [5.74, 6) is -1.83. The molecule has 0 atom stereocenters. The van der Waals surface area contributed by atoms with Crippen LogP contribution in [-0.4, -0.2) is 28.6 Å². The standard InChI is InChI=1S/C26H24N2O5/c1-17(2)26(32)33-14-8-12-18-9-6-7-13-22(18)28-27-20-15-21(25(31)23(29)16-20)24(30)19-10-4-3-5-11-19/h3-7,9-11,13,15-16,29,31H,1,8,12,14H2,2H3. The molecular weight excluding hydrogens is 420 g/mol. The number of aryl methyl sites for hydroxylation is 1. The fourth-order valence-electron chi connectivity index (χ4n) is 3.06. The van der Waals surface area contributed by atoms with Crippen molar-refractivity contribution in [2.75, 3.05) is 6.61 Å². The summed E-state index contributed by atoms with van der Waals surface area (Å²) in [6.07, 6.45) is 1.21. The highest BCUT2D eigenvalue weighted by Gasteiger charge is 2.18. The summed E-state index contributed by atoms with van der Waals surface area (Å²) in [5.41, 5.74) is 2.38. The normalized spacial score (nSPS) is 10.8. The van der Waals surface area contributed by atoms with E-state index in [0.29, 0.717) is 29.7 Å². The molecule has 3 aromatic rings. The van der Waals surface area contributed by atoms with Crippen LogP contribution in [0.15, 0.2) is 89.1 Å². The summed E-state index contributed by atoms with van der Waals surface area (Å²) in [4.78, 5) is 24.2. The van der Waals surface area contributed by atoms with Gasteiger partial charge in [0.25, 0.3) is 0 Å². The van der Waals surface area contributed by atoms with E-state index in [-0.39, 0.29) is 17.9 Å². The molecule has 33 heavy (non-hydrogen) atoms. The first kappa shape index (κ1) is 23.4. The summed E-state index contributed by atoms with van der Waals surface area (Å²) in [5, 5.41) is 28.7. The Labute approximate surface area is 191 Å². The van der Waals surface area contributed by atoms with Crippen LogP contribution in [0, 0.1) is 0 Å². The summed E-state index contributed by atoms with van der Waals surface area (Å²) in [7, 11) is 0. The molecule has 7 nitrogen and oxygen atoms in total. The topological polar surface area (TPSA) is 109 Å². The van der Waals surface area contributed by atoms with Crippen LogP contribution in [0.3, 0.4) is 0 Å². The Bertz CT molecular complexity index is 1200. The average molecular weight is 444 g/mol. The van der Waals surface area contributed by atoms with Crippen LogP contribution < -0.4 is 0 Å².